The van der Waals surface area contributed by atoms with E-state index in [4.69, 9.17) is 17.0 Å². The number of para-hydroxylation sites is 1. The fraction of sp³-hybridized carbons (Fsp3) is 0.364. The molecule has 1 saturated heterocycles. The average molecular weight is 428 g/mol. The van der Waals surface area contributed by atoms with Gasteiger partial charge in [0.25, 0.3) is 5.56 Å². The van der Waals surface area contributed by atoms with Gasteiger partial charge in [-0.25, -0.2) is 0 Å². The number of fused-ring (bicyclic) bond motifs is 1. The van der Waals surface area contributed by atoms with Crippen LogP contribution in [0.25, 0.3) is 10.9 Å². The molecule has 1 aliphatic rings. The van der Waals surface area contributed by atoms with Gasteiger partial charge in [0.2, 0.25) is 0 Å². The summed E-state index contributed by atoms with van der Waals surface area (Å²) < 4.78 is 5.69. The molecule has 0 spiro atoms. The third-order valence-electron chi connectivity index (χ3n) is 5.25. The number of aryl methyl sites for hydroxylation is 1. The summed E-state index contributed by atoms with van der Waals surface area (Å²) in [5.74, 6) is 0. The Morgan fingerprint density at radius 3 is 3.00 bits per heavy atom. The zero-order valence-electron chi connectivity index (χ0n) is 16.4. The lowest BCUT2D eigenvalue weighted by atomic mass is 10.1. The molecule has 3 aromatic rings. The van der Waals surface area contributed by atoms with Crippen molar-refractivity contribution in [1.82, 2.24) is 15.2 Å². The van der Waals surface area contributed by atoms with Crippen LogP contribution in [-0.2, 0) is 17.8 Å². The third-order valence-corrected chi connectivity index (χ3v) is 6.51. The lowest BCUT2D eigenvalue weighted by Gasteiger charge is -2.26. The van der Waals surface area contributed by atoms with Gasteiger partial charge in [0, 0.05) is 23.6 Å². The SMILES string of the molecule is Cc1cccc2cc(CN(Cc3cccs3)C(=S)NC[C@H]3CCCO3)c(=O)[nH]c12. The molecule has 5 nitrogen and oxygen atoms in total. The molecule has 7 heteroatoms. The van der Waals surface area contributed by atoms with E-state index in [1.165, 1.54) is 4.88 Å². The van der Waals surface area contributed by atoms with Crippen molar-refractivity contribution in [2.24, 2.45) is 0 Å². The number of nitrogens with one attached hydrogen (secondary N) is 2. The van der Waals surface area contributed by atoms with Crippen molar-refractivity contribution in [3.63, 3.8) is 0 Å². The van der Waals surface area contributed by atoms with Gasteiger partial charge in [0.1, 0.15) is 0 Å². The minimum absolute atomic E-state index is 0.0649. The van der Waals surface area contributed by atoms with Gasteiger partial charge in [-0.15, -0.1) is 11.3 Å². The number of benzene rings is 1. The molecule has 0 aliphatic carbocycles. The summed E-state index contributed by atoms with van der Waals surface area (Å²) in [6, 6.07) is 12.1. The molecule has 0 unspecified atom stereocenters. The highest BCUT2D eigenvalue weighted by Crippen LogP contribution is 2.18. The number of hydrogen-bond donors (Lipinski definition) is 2. The van der Waals surface area contributed by atoms with Gasteiger partial charge in [-0.05, 0) is 60.4 Å². The van der Waals surface area contributed by atoms with E-state index in [2.05, 4.69) is 26.6 Å². The van der Waals surface area contributed by atoms with Crippen LogP contribution in [0.1, 0.15) is 28.8 Å². The summed E-state index contributed by atoms with van der Waals surface area (Å²) in [6.45, 7) is 4.65. The van der Waals surface area contributed by atoms with Crippen molar-refractivity contribution in [3.8, 4) is 0 Å². The molecular formula is C22H25N3O2S2. The van der Waals surface area contributed by atoms with Gasteiger partial charge >= 0.3 is 0 Å². The second kappa shape index (κ2) is 9.07. The minimum atomic E-state index is -0.0649. The van der Waals surface area contributed by atoms with Crippen LogP contribution in [0.4, 0.5) is 0 Å². The summed E-state index contributed by atoms with van der Waals surface area (Å²) in [5.41, 5.74) is 2.60. The number of hydrogen-bond acceptors (Lipinski definition) is 4. The van der Waals surface area contributed by atoms with Crippen LogP contribution in [-0.4, -0.2) is 34.3 Å². The largest absolute Gasteiger partial charge is 0.376 e. The predicted octanol–water partition coefficient (Wildman–Crippen LogP) is 3.95. The summed E-state index contributed by atoms with van der Waals surface area (Å²) in [4.78, 5) is 19.1. The summed E-state index contributed by atoms with van der Waals surface area (Å²) in [6.07, 6.45) is 2.37. The Bertz CT molecular complexity index is 1040. The quantitative estimate of drug-likeness (QED) is 0.584. The smallest absolute Gasteiger partial charge is 0.253 e. The van der Waals surface area contributed by atoms with Crippen molar-refractivity contribution < 1.29 is 4.74 Å². The van der Waals surface area contributed by atoms with Crippen LogP contribution in [0.5, 0.6) is 0 Å². The first-order valence-electron chi connectivity index (χ1n) is 9.88. The van der Waals surface area contributed by atoms with Crippen molar-refractivity contribution in [2.75, 3.05) is 13.2 Å². The lowest BCUT2D eigenvalue weighted by molar-refractivity contribution is 0.113. The number of H-pyrrole nitrogens is 1. The van der Waals surface area contributed by atoms with E-state index in [-0.39, 0.29) is 11.7 Å². The Morgan fingerprint density at radius 2 is 2.24 bits per heavy atom. The first-order chi connectivity index (χ1) is 14.1. The summed E-state index contributed by atoms with van der Waals surface area (Å²) in [5, 5.41) is 7.09. The Hall–Kier alpha value is -2.22. The van der Waals surface area contributed by atoms with E-state index in [0.717, 1.165) is 35.9 Å². The van der Waals surface area contributed by atoms with Crippen LogP contribution in [0.2, 0.25) is 0 Å². The maximum Gasteiger partial charge on any atom is 0.253 e. The highest BCUT2D eigenvalue weighted by atomic mass is 32.1. The lowest BCUT2D eigenvalue weighted by Crippen LogP contribution is -2.42. The van der Waals surface area contributed by atoms with Crippen molar-refractivity contribution >= 4 is 39.6 Å². The summed E-state index contributed by atoms with van der Waals surface area (Å²) in [7, 11) is 0. The predicted molar refractivity (Wildman–Crippen MR) is 122 cm³/mol. The number of thiophene rings is 1. The molecule has 3 heterocycles. The van der Waals surface area contributed by atoms with E-state index in [0.29, 0.717) is 30.3 Å². The second-order valence-electron chi connectivity index (χ2n) is 7.42. The molecule has 4 rings (SSSR count). The van der Waals surface area contributed by atoms with Crippen LogP contribution < -0.4 is 10.9 Å². The fourth-order valence-electron chi connectivity index (χ4n) is 3.66. The van der Waals surface area contributed by atoms with Gasteiger partial charge in [-0.3, -0.25) is 4.79 Å². The highest BCUT2D eigenvalue weighted by Gasteiger charge is 2.19. The van der Waals surface area contributed by atoms with E-state index >= 15 is 0 Å². The Balaban J connectivity index is 1.55. The van der Waals surface area contributed by atoms with Gasteiger partial charge in [0.05, 0.1) is 24.7 Å². The van der Waals surface area contributed by atoms with Gasteiger partial charge in [-0.2, -0.15) is 0 Å². The van der Waals surface area contributed by atoms with Crippen LogP contribution in [0.3, 0.4) is 0 Å². The van der Waals surface area contributed by atoms with Gasteiger partial charge in [-0.1, -0.05) is 24.3 Å². The highest BCUT2D eigenvalue weighted by molar-refractivity contribution is 7.80. The number of pyridine rings is 1. The molecule has 1 aromatic carbocycles. The molecule has 29 heavy (non-hydrogen) atoms. The van der Waals surface area contributed by atoms with E-state index in [9.17, 15) is 4.79 Å². The normalized spacial score (nSPS) is 16.2. The molecule has 0 amide bonds. The van der Waals surface area contributed by atoms with Crippen LogP contribution in [0.15, 0.2) is 46.6 Å². The molecule has 1 fully saturated rings. The second-order valence-corrected chi connectivity index (χ2v) is 8.84. The average Bonchev–Trinajstić information content (AvgIpc) is 3.41. The molecule has 0 bridgehead atoms. The molecule has 1 atom stereocenters. The Labute approximate surface area is 179 Å². The standard InChI is InChI=1S/C22H25N3O2S2/c1-15-5-2-6-16-11-17(21(26)24-20(15)16)13-25(14-19-8-4-10-29-19)22(28)23-12-18-7-3-9-27-18/h2,4-6,8,10-11,18H,3,7,9,12-14H2,1H3,(H,23,28)(H,24,26)/t18-/m1/s1. The molecule has 1 aliphatic heterocycles. The first kappa shape index (κ1) is 20.1. The number of aromatic amines is 1. The van der Waals surface area contributed by atoms with Crippen LogP contribution >= 0.6 is 23.6 Å². The number of rotatable bonds is 6. The zero-order valence-corrected chi connectivity index (χ0v) is 18.1. The monoisotopic (exact) mass is 427 g/mol. The fourth-order valence-corrected chi connectivity index (χ4v) is 4.59. The van der Waals surface area contributed by atoms with Crippen molar-refractivity contribution in [2.45, 2.75) is 39.0 Å². The van der Waals surface area contributed by atoms with Crippen molar-refractivity contribution in [1.29, 1.82) is 0 Å². The molecule has 0 radical (unpaired) electrons. The topological polar surface area (TPSA) is 57.4 Å². The summed E-state index contributed by atoms with van der Waals surface area (Å²) >= 11 is 7.39. The molecule has 2 aromatic heterocycles. The van der Waals surface area contributed by atoms with Gasteiger partial charge in [0.15, 0.2) is 5.11 Å². The Morgan fingerprint density at radius 1 is 1.34 bits per heavy atom. The maximum atomic E-state index is 12.7. The maximum absolute atomic E-state index is 12.7. The number of aromatic nitrogens is 1. The van der Waals surface area contributed by atoms with Gasteiger partial charge < -0.3 is 19.9 Å². The zero-order chi connectivity index (χ0) is 20.2. The number of ether oxygens (including phenoxy) is 1. The van der Waals surface area contributed by atoms with Crippen molar-refractivity contribution in [3.05, 3.63) is 68.1 Å². The number of thiocarbonyl (C=S) groups is 1. The van der Waals surface area contributed by atoms with E-state index in [1.807, 2.05) is 37.3 Å². The van der Waals surface area contributed by atoms with E-state index in [1.54, 1.807) is 11.3 Å². The molecular weight excluding hydrogens is 402 g/mol. The Kier molecular flexibility index (Phi) is 6.28. The molecule has 2 N–H and O–H groups in total. The number of nitrogens with zero attached hydrogens (tertiary/aromatic N) is 1. The first-order valence-corrected chi connectivity index (χ1v) is 11.2. The third kappa shape index (κ3) is 4.86. The van der Waals surface area contributed by atoms with E-state index < -0.39 is 0 Å². The van der Waals surface area contributed by atoms with Crippen LogP contribution in [0, 0.1) is 6.92 Å². The minimum Gasteiger partial charge on any atom is -0.376 e. The molecule has 0 saturated carbocycles. The molecule has 152 valence electrons.